The third-order valence-corrected chi connectivity index (χ3v) is 2.70. The van der Waals surface area contributed by atoms with Gasteiger partial charge in [-0.3, -0.25) is 4.79 Å². The van der Waals surface area contributed by atoms with Crippen molar-refractivity contribution in [3.63, 3.8) is 0 Å². The van der Waals surface area contributed by atoms with Gasteiger partial charge in [-0.15, -0.1) is 0 Å². The van der Waals surface area contributed by atoms with Crippen LogP contribution in [0.2, 0.25) is 0 Å². The summed E-state index contributed by atoms with van der Waals surface area (Å²) in [6.07, 6.45) is 3.26. The first kappa shape index (κ1) is 11.9. The van der Waals surface area contributed by atoms with Gasteiger partial charge in [-0.1, -0.05) is 0 Å². The Labute approximate surface area is 100 Å². The van der Waals surface area contributed by atoms with Gasteiger partial charge in [0, 0.05) is 6.07 Å². The number of ether oxygens (including phenoxy) is 3. The quantitative estimate of drug-likeness (QED) is 0.414. The minimum Gasteiger partial charge on any atom is -0.497 e. The van der Waals surface area contributed by atoms with Gasteiger partial charge in [-0.25, -0.2) is 0 Å². The predicted molar refractivity (Wildman–Crippen MR) is 62.6 cm³/mol. The summed E-state index contributed by atoms with van der Waals surface area (Å²) in [5, 5.41) is 0. The summed E-state index contributed by atoms with van der Waals surface area (Å²) in [6.45, 7) is 0.908. The Morgan fingerprint density at radius 1 is 1.41 bits per heavy atom. The molecule has 0 spiro atoms. The third kappa shape index (κ3) is 3.46. The van der Waals surface area contributed by atoms with Crippen molar-refractivity contribution in [2.75, 3.05) is 20.5 Å². The molecule has 0 heterocycles. The molecule has 1 saturated carbocycles. The monoisotopic (exact) mass is 236 g/mol. The van der Waals surface area contributed by atoms with Gasteiger partial charge in [-0.05, 0) is 30.9 Å². The molecule has 1 aromatic rings. The molecule has 0 N–H and O–H groups in total. The van der Waals surface area contributed by atoms with E-state index >= 15 is 0 Å². The standard InChI is InChI=1S/C13H16O4/c1-15-12-5-4-11(7-14)13(6-12)17-9-16-8-10-2-3-10/h4-7,10H,2-3,8-9H2,1H3. The van der Waals surface area contributed by atoms with E-state index in [2.05, 4.69) is 0 Å². The van der Waals surface area contributed by atoms with E-state index in [0.29, 0.717) is 23.0 Å². The third-order valence-electron chi connectivity index (χ3n) is 2.70. The van der Waals surface area contributed by atoms with Crippen LogP contribution in [0.1, 0.15) is 23.2 Å². The highest BCUT2D eigenvalue weighted by Crippen LogP contribution is 2.29. The minimum absolute atomic E-state index is 0.171. The average molecular weight is 236 g/mol. The Kier molecular flexibility index (Phi) is 3.98. The van der Waals surface area contributed by atoms with Crippen LogP contribution < -0.4 is 9.47 Å². The molecule has 4 heteroatoms. The van der Waals surface area contributed by atoms with Gasteiger partial charge in [0.2, 0.25) is 0 Å². The predicted octanol–water partition coefficient (Wildman–Crippen LogP) is 2.27. The van der Waals surface area contributed by atoms with Crippen LogP contribution in [0.3, 0.4) is 0 Å². The molecule has 0 radical (unpaired) electrons. The van der Waals surface area contributed by atoms with E-state index < -0.39 is 0 Å². The molecule has 92 valence electrons. The van der Waals surface area contributed by atoms with Crippen molar-refractivity contribution in [1.82, 2.24) is 0 Å². The summed E-state index contributed by atoms with van der Waals surface area (Å²) in [5.41, 5.74) is 0.501. The smallest absolute Gasteiger partial charge is 0.189 e. The molecule has 0 amide bonds. The molecule has 1 aromatic carbocycles. The number of carbonyl (C=O) groups is 1. The second-order valence-corrected chi connectivity index (χ2v) is 4.10. The SMILES string of the molecule is COc1ccc(C=O)c(OCOCC2CC2)c1. The van der Waals surface area contributed by atoms with Crippen molar-refractivity contribution < 1.29 is 19.0 Å². The van der Waals surface area contributed by atoms with Crippen LogP contribution in [0.4, 0.5) is 0 Å². The Balaban J connectivity index is 1.89. The van der Waals surface area contributed by atoms with Crippen molar-refractivity contribution in [2.24, 2.45) is 5.92 Å². The summed E-state index contributed by atoms with van der Waals surface area (Å²) in [4.78, 5) is 10.8. The lowest BCUT2D eigenvalue weighted by Crippen LogP contribution is -2.06. The van der Waals surface area contributed by atoms with E-state index in [1.54, 1.807) is 25.3 Å². The molecule has 1 fully saturated rings. The number of hydrogen-bond donors (Lipinski definition) is 0. The molecular weight excluding hydrogens is 220 g/mol. The molecular formula is C13H16O4. The lowest BCUT2D eigenvalue weighted by molar-refractivity contribution is 0.00960. The highest BCUT2D eigenvalue weighted by atomic mass is 16.7. The van der Waals surface area contributed by atoms with Gasteiger partial charge < -0.3 is 14.2 Å². The zero-order valence-electron chi connectivity index (χ0n) is 9.85. The van der Waals surface area contributed by atoms with Gasteiger partial charge in [0.15, 0.2) is 13.1 Å². The van der Waals surface area contributed by atoms with E-state index in [1.807, 2.05) is 0 Å². The Morgan fingerprint density at radius 3 is 2.88 bits per heavy atom. The maximum absolute atomic E-state index is 10.8. The average Bonchev–Trinajstić information content (AvgIpc) is 3.18. The minimum atomic E-state index is 0.171. The Bertz CT molecular complexity index is 385. The van der Waals surface area contributed by atoms with E-state index in [9.17, 15) is 4.79 Å². The van der Waals surface area contributed by atoms with Gasteiger partial charge in [0.25, 0.3) is 0 Å². The molecule has 17 heavy (non-hydrogen) atoms. The van der Waals surface area contributed by atoms with Crippen molar-refractivity contribution in [2.45, 2.75) is 12.8 Å². The molecule has 0 aromatic heterocycles. The van der Waals surface area contributed by atoms with Crippen molar-refractivity contribution in [3.05, 3.63) is 23.8 Å². The van der Waals surface area contributed by atoms with Crippen LogP contribution in [-0.2, 0) is 4.74 Å². The number of rotatable bonds is 7. The fourth-order valence-corrected chi connectivity index (χ4v) is 1.47. The Morgan fingerprint density at radius 2 is 2.24 bits per heavy atom. The molecule has 4 nitrogen and oxygen atoms in total. The molecule has 2 rings (SSSR count). The highest BCUT2D eigenvalue weighted by Gasteiger charge is 2.21. The van der Waals surface area contributed by atoms with Gasteiger partial charge in [0.05, 0.1) is 19.3 Å². The molecule has 0 unspecified atom stereocenters. The zero-order chi connectivity index (χ0) is 12.1. The topological polar surface area (TPSA) is 44.8 Å². The number of aldehydes is 1. The van der Waals surface area contributed by atoms with Gasteiger partial charge >= 0.3 is 0 Å². The zero-order valence-corrected chi connectivity index (χ0v) is 9.85. The summed E-state index contributed by atoms with van der Waals surface area (Å²) >= 11 is 0. The number of hydrogen-bond acceptors (Lipinski definition) is 4. The first-order valence-corrected chi connectivity index (χ1v) is 5.67. The first-order valence-electron chi connectivity index (χ1n) is 5.67. The van der Waals surface area contributed by atoms with Crippen LogP contribution >= 0.6 is 0 Å². The second kappa shape index (κ2) is 5.68. The number of benzene rings is 1. The van der Waals surface area contributed by atoms with Crippen molar-refractivity contribution >= 4 is 6.29 Å². The molecule has 1 aliphatic carbocycles. The molecule has 0 atom stereocenters. The number of carbonyl (C=O) groups excluding carboxylic acids is 1. The second-order valence-electron chi connectivity index (χ2n) is 4.10. The molecule has 1 aliphatic rings. The highest BCUT2D eigenvalue weighted by molar-refractivity contribution is 5.79. The normalized spacial score (nSPS) is 14.4. The summed E-state index contributed by atoms with van der Waals surface area (Å²) < 4.78 is 15.8. The summed E-state index contributed by atoms with van der Waals surface area (Å²) in [7, 11) is 1.57. The van der Waals surface area contributed by atoms with E-state index in [4.69, 9.17) is 14.2 Å². The lowest BCUT2D eigenvalue weighted by Gasteiger charge is -2.10. The van der Waals surface area contributed by atoms with E-state index in [0.717, 1.165) is 12.9 Å². The number of methoxy groups -OCH3 is 1. The molecule has 0 bridgehead atoms. The maximum atomic E-state index is 10.8. The molecule has 0 saturated heterocycles. The summed E-state index contributed by atoms with van der Waals surface area (Å²) in [6, 6.07) is 5.08. The largest absolute Gasteiger partial charge is 0.497 e. The van der Waals surface area contributed by atoms with Crippen LogP contribution in [0, 0.1) is 5.92 Å². The van der Waals surface area contributed by atoms with E-state index in [1.165, 1.54) is 12.8 Å². The van der Waals surface area contributed by atoms with Crippen molar-refractivity contribution in [3.8, 4) is 11.5 Å². The van der Waals surface area contributed by atoms with Gasteiger partial charge in [-0.2, -0.15) is 0 Å². The van der Waals surface area contributed by atoms with Crippen LogP contribution in [0.5, 0.6) is 11.5 Å². The van der Waals surface area contributed by atoms with Crippen molar-refractivity contribution in [1.29, 1.82) is 0 Å². The van der Waals surface area contributed by atoms with Crippen LogP contribution in [-0.4, -0.2) is 26.8 Å². The maximum Gasteiger partial charge on any atom is 0.189 e. The molecule has 0 aliphatic heterocycles. The van der Waals surface area contributed by atoms with Crippen LogP contribution in [0.25, 0.3) is 0 Å². The van der Waals surface area contributed by atoms with Gasteiger partial charge in [0.1, 0.15) is 11.5 Å². The van der Waals surface area contributed by atoms with Crippen LogP contribution in [0.15, 0.2) is 18.2 Å². The first-order chi connectivity index (χ1) is 8.33. The fraction of sp³-hybridized carbons (Fsp3) is 0.462. The lowest BCUT2D eigenvalue weighted by atomic mass is 10.2. The summed E-state index contributed by atoms with van der Waals surface area (Å²) in [5.74, 6) is 1.86. The Hall–Kier alpha value is -1.55. The fourth-order valence-electron chi connectivity index (χ4n) is 1.47. The van der Waals surface area contributed by atoms with E-state index in [-0.39, 0.29) is 6.79 Å².